The number of hydrogen-bond donors (Lipinski definition) is 0. The summed E-state index contributed by atoms with van der Waals surface area (Å²) in [4.78, 5) is 0. The van der Waals surface area contributed by atoms with Crippen molar-refractivity contribution in [2.45, 2.75) is 39.0 Å². The number of aryl methyl sites for hydroxylation is 1. The van der Waals surface area contributed by atoms with E-state index in [-0.39, 0.29) is 0 Å². The third kappa shape index (κ3) is 3.46. The van der Waals surface area contributed by atoms with Crippen LogP contribution in [0, 0.1) is 0 Å². The molecule has 0 aliphatic heterocycles. The van der Waals surface area contributed by atoms with Crippen molar-refractivity contribution in [3.8, 4) is 0 Å². The lowest BCUT2D eigenvalue weighted by atomic mass is 10.1. The summed E-state index contributed by atoms with van der Waals surface area (Å²) in [7, 11) is 0. The van der Waals surface area contributed by atoms with Gasteiger partial charge in [-0.2, -0.15) is 10.2 Å². The molecule has 0 saturated heterocycles. The van der Waals surface area contributed by atoms with Crippen molar-refractivity contribution in [1.29, 1.82) is 0 Å². The maximum absolute atomic E-state index is 3.83. The van der Waals surface area contributed by atoms with Gasteiger partial charge in [-0.1, -0.05) is 26.2 Å². The number of unbranched alkanes of at least 4 members (excludes halogenated alkanes) is 3. The fraction of sp³-hybridized carbons (Fsp3) is 0.600. The molecular formula is C10H16N2. The highest BCUT2D eigenvalue weighted by atomic mass is 15.1. The average Bonchev–Trinajstić information content (AvgIpc) is 2.14. The fourth-order valence-corrected chi connectivity index (χ4v) is 1.22. The van der Waals surface area contributed by atoms with Gasteiger partial charge in [0, 0.05) is 6.20 Å². The molecule has 1 rings (SSSR count). The van der Waals surface area contributed by atoms with E-state index in [1.165, 1.54) is 31.2 Å². The molecule has 1 aromatic rings. The Bertz CT molecular complexity index is 196. The zero-order valence-electron chi connectivity index (χ0n) is 7.66. The summed E-state index contributed by atoms with van der Waals surface area (Å²) in [5, 5.41) is 7.57. The summed E-state index contributed by atoms with van der Waals surface area (Å²) in [5.41, 5.74) is 1.31. The predicted molar refractivity (Wildman–Crippen MR) is 49.9 cm³/mol. The fourth-order valence-electron chi connectivity index (χ4n) is 1.22. The van der Waals surface area contributed by atoms with E-state index in [9.17, 15) is 0 Å². The van der Waals surface area contributed by atoms with E-state index in [0.717, 1.165) is 6.42 Å². The van der Waals surface area contributed by atoms with Crippen LogP contribution in [0.15, 0.2) is 18.5 Å². The van der Waals surface area contributed by atoms with Gasteiger partial charge in [-0.25, -0.2) is 0 Å². The molecule has 0 aromatic carbocycles. The predicted octanol–water partition coefficient (Wildman–Crippen LogP) is 2.60. The van der Waals surface area contributed by atoms with Gasteiger partial charge in [0.1, 0.15) is 0 Å². The Labute approximate surface area is 74.0 Å². The van der Waals surface area contributed by atoms with Crippen LogP contribution >= 0.6 is 0 Å². The number of rotatable bonds is 5. The Morgan fingerprint density at radius 3 is 2.75 bits per heavy atom. The minimum absolute atomic E-state index is 1.15. The summed E-state index contributed by atoms with van der Waals surface area (Å²) < 4.78 is 0. The molecule has 0 atom stereocenters. The van der Waals surface area contributed by atoms with E-state index in [4.69, 9.17) is 0 Å². The van der Waals surface area contributed by atoms with Crippen LogP contribution in [0.5, 0.6) is 0 Å². The maximum Gasteiger partial charge on any atom is 0.0528 e. The Kier molecular flexibility index (Phi) is 4.35. The third-order valence-corrected chi connectivity index (χ3v) is 1.96. The monoisotopic (exact) mass is 164 g/mol. The molecule has 66 valence electrons. The van der Waals surface area contributed by atoms with Gasteiger partial charge in [0.15, 0.2) is 0 Å². The SMILES string of the molecule is CCCCCCc1ccnnc1. The van der Waals surface area contributed by atoms with Crippen molar-refractivity contribution < 1.29 is 0 Å². The lowest BCUT2D eigenvalue weighted by Crippen LogP contribution is -1.88. The second-order valence-electron chi connectivity index (χ2n) is 3.06. The minimum Gasteiger partial charge on any atom is -0.159 e. The molecule has 0 fully saturated rings. The van der Waals surface area contributed by atoms with Crippen LogP contribution in [0.1, 0.15) is 38.2 Å². The van der Waals surface area contributed by atoms with Crippen LogP contribution in [0.2, 0.25) is 0 Å². The van der Waals surface area contributed by atoms with Gasteiger partial charge in [0.25, 0.3) is 0 Å². The van der Waals surface area contributed by atoms with Gasteiger partial charge in [0.05, 0.1) is 6.20 Å². The molecule has 0 amide bonds. The normalized spacial score (nSPS) is 10.1. The largest absolute Gasteiger partial charge is 0.159 e. The summed E-state index contributed by atoms with van der Waals surface area (Å²) in [6.45, 7) is 2.23. The second kappa shape index (κ2) is 5.70. The van der Waals surface area contributed by atoms with Gasteiger partial charge in [-0.05, 0) is 24.5 Å². The minimum atomic E-state index is 1.15. The summed E-state index contributed by atoms with van der Waals surface area (Å²) in [5.74, 6) is 0. The average molecular weight is 164 g/mol. The van der Waals surface area contributed by atoms with Gasteiger partial charge in [0.2, 0.25) is 0 Å². The van der Waals surface area contributed by atoms with Crippen molar-refractivity contribution >= 4 is 0 Å². The molecule has 2 heteroatoms. The zero-order chi connectivity index (χ0) is 8.65. The Balaban J connectivity index is 2.16. The van der Waals surface area contributed by atoms with Crippen LogP contribution in [0.4, 0.5) is 0 Å². The Morgan fingerprint density at radius 2 is 2.08 bits per heavy atom. The van der Waals surface area contributed by atoms with E-state index < -0.39 is 0 Å². The Hall–Kier alpha value is -0.920. The molecule has 1 heterocycles. The molecule has 0 aliphatic rings. The van der Waals surface area contributed by atoms with Crippen molar-refractivity contribution in [3.05, 3.63) is 24.0 Å². The standard InChI is InChI=1S/C10H16N2/c1-2-3-4-5-6-10-7-8-11-12-9-10/h7-9H,2-6H2,1H3. The molecule has 1 aromatic heterocycles. The molecule has 0 saturated carbocycles. The smallest absolute Gasteiger partial charge is 0.0528 e. The first kappa shape index (κ1) is 9.17. The lowest BCUT2D eigenvalue weighted by molar-refractivity contribution is 0.665. The van der Waals surface area contributed by atoms with Crippen LogP contribution in [0.3, 0.4) is 0 Å². The molecule has 0 N–H and O–H groups in total. The highest BCUT2D eigenvalue weighted by Crippen LogP contribution is 2.05. The van der Waals surface area contributed by atoms with Gasteiger partial charge < -0.3 is 0 Å². The van der Waals surface area contributed by atoms with Crippen LogP contribution in [-0.2, 0) is 6.42 Å². The summed E-state index contributed by atoms with van der Waals surface area (Å²) in [6, 6.07) is 2.04. The molecule has 0 unspecified atom stereocenters. The van der Waals surface area contributed by atoms with Gasteiger partial charge >= 0.3 is 0 Å². The summed E-state index contributed by atoms with van der Waals surface area (Å²) >= 11 is 0. The third-order valence-electron chi connectivity index (χ3n) is 1.96. The van der Waals surface area contributed by atoms with E-state index in [1.807, 2.05) is 12.3 Å². The van der Waals surface area contributed by atoms with E-state index >= 15 is 0 Å². The zero-order valence-corrected chi connectivity index (χ0v) is 7.66. The lowest BCUT2D eigenvalue weighted by Gasteiger charge is -1.98. The molecular weight excluding hydrogens is 148 g/mol. The quantitative estimate of drug-likeness (QED) is 0.625. The van der Waals surface area contributed by atoms with E-state index in [1.54, 1.807) is 6.20 Å². The number of aromatic nitrogens is 2. The molecule has 0 aliphatic carbocycles. The number of nitrogens with zero attached hydrogens (tertiary/aromatic N) is 2. The van der Waals surface area contributed by atoms with Crippen molar-refractivity contribution in [1.82, 2.24) is 10.2 Å². The second-order valence-corrected chi connectivity index (χ2v) is 3.06. The highest BCUT2D eigenvalue weighted by Gasteiger charge is 1.91. The molecule has 12 heavy (non-hydrogen) atoms. The van der Waals surface area contributed by atoms with Gasteiger partial charge in [-0.15, -0.1) is 0 Å². The first-order chi connectivity index (χ1) is 5.93. The first-order valence-electron chi connectivity index (χ1n) is 4.69. The molecule has 0 bridgehead atoms. The molecule has 2 nitrogen and oxygen atoms in total. The van der Waals surface area contributed by atoms with Crippen LogP contribution in [-0.4, -0.2) is 10.2 Å². The summed E-state index contributed by atoms with van der Waals surface area (Å²) in [6.07, 6.45) is 10.0. The topological polar surface area (TPSA) is 25.8 Å². The van der Waals surface area contributed by atoms with E-state index in [0.29, 0.717) is 0 Å². The van der Waals surface area contributed by atoms with Crippen LogP contribution < -0.4 is 0 Å². The van der Waals surface area contributed by atoms with Crippen molar-refractivity contribution in [3.63, 3.8) is 0 Å². The van der Waals surface area contributed by atoms with E-state index in [2.05, 4.69) is 17.1 Å². The maximum atomic E-state index is 3.83. The van der Waals surface area contributed by atoms with Crippen molar-refractivity contribution in [2.24, 2.45) is 0 Å². The molecule has 0 radical (unpaired) electrons. The number of hydrogen-bond acceptors (Lipinski definition) is 2. The van der Waals surface area contributed by atoms with Crippen molar-refractivity contribution in [2.75, 3.05) is 0 Å². The van der Waals surface area contributed by atoms with Gasteiger partial charge in [-0.3, -0.25) is 0 Å². The van der Waals surface area contributed by atoms with Crippen LogP contribution in [0.25, 0.3) is 0 Å². The molecule has 0 spiro atoms. The highest BCUT2D eigenvalue weighted by molar-refractivity contribution is 5.04. The Morgan fingerprint density at radius 1 is 1.17 bits per heavy atom. The first-order valence-corrected chi connectivity index (χ1v) is 4.69.